The summed E-state index contributed by atoms with van der Waals surface area (Å²) in [6.07, 6.45) is 1.85. The predicted molar refractivity (Wildman–Crippen MR) is 89.8 cm³/mol. The fourth-order valence-electron chi connectivity index (χ4n) is 1.97. The van der Waals surface area contributed by atoms with Gasteiger partial charge in [-0.15, -0.1) is 0 Å². The van der Waals surface area contributed by atoms with Crippen molar-refractivity contribution in [3.05, 3.63) is 59.9 Å². The van der Waals surface area contributed by atoms with Gasteiger partial charge in [0.05, 0.1) is 23.4 Å². The number of nitrogens with two attached hydrogens (primary N) is 1. The standard InChI is InChI=1S/C16H19N3O3S/c17-14-6-7-15(19-12-14)16(20)18-9-11-23(21,22)10-8-13-4-2-1-3-5-13/h1-7,12H,8-11,17H2,(H,18,20). The highest BCUT2D eigenvalue weighted by Gasteiger charge is 2.13. The van der Waals surface area contributed by atoms with Crippen molar-refractivity contribution in [3.8, 4) is 0 Å². The maximum absolute atomic E-state index is 12.0. The second-order valence-electron chi connectivity index (χ2n) is 5.12. The van der Waals surface area contributed by atoms with Gasteiger partial charge in [0, 0.05) is 6.54 Å². The number of benzene rings is 1. The Morgan fingerprint density at radius 1 is 1.09 bits per heavy atom. The summed E-state index contributed by atoms with van der Waals surface area (Å²) in [6, 6.07) is 12.5. The van der Waals surface area contributed by atoms with Crippen molar-refractivity contribution in [2.45, 2.75) is 6.42 Å². The van der Waals surface area contributed by atoms with E-state index in [1.54, 1.807) is 6.07 Å². The molecule has 0 aliphatic rings. The van der Waals surface area contributed by atoms with Crippen molar-refractivity contribution >= 4 is 21.4 Å². The number of hydrogen-bond donors (Lipinski definition) is 2. The first-order valence-corrected chi connectivity index (χ1v) is 9.02. The maximum atomic E-state index is 12.0. The van der Waals surface area contributed by atoms with E-state index in [1.165, 1.54) is 12.3 Å². The molecule has 1 amide bonds. The van der Waals surface area contributed by atoms with E-state index in [1.807, 2.05) is 30.3 Å². The normalized spacial score (nSPS) is 11.1. The Kier molecular flexibility index (Phi) is 5.70. The number of nitrogens with one attached hydrogen (secondary N) is 1. The lowest BCUT2D eigenvalue weighted by molar-refractivity contribution is 0.0951. The molecule has 0 fully saturated rings. The number of pyridine rings is 1. The van der Waals surface area contributed by atoms with Crippen LogP contribution in [-0.4, -0.2) is 37.4 Å². The van der Waals surface area contributed by atoms with E-state index < -0.39 is 15.7 Å². The number of nitrogens with zero attached hydrogens (tertiary/aromatic N) is 1. The van der Waals surface area contributed by atoms with Crippen LogP contribution in [0.2, 0.25) is 0 Å². The minimum atomic E-state index is -3.22. The second kappa shape index (κ2) is 7.73. The average molecular weight is 333 g/mol. The van der Waals surface area contributed by atoms with E-state index in [9.17, 15) is 13.2 Å². The maximum Gasteiger partial charge on any atom is 0.269 e. The summed E-state index contributed by atoms with van der Waals surface area (Å²) in [5.74, 6) is -0.448. The first-order valence-electron chi connectivity index (χ1n) is 7.20. The average Bonchev–Trinajstić information content (AvgIpc) is 2.54. The lowest BCUT2D eigenvalue weighted by Gasteiger charge is -2.07. The molecule has 0 aliphatic heterocycles. The molecule has 1 heterocycles. The molecular weight excluding hydrogens is 314 g/mol. The molecule has 2 aromatic rings. The number of amides is 1. The topological polar surface area (TPSA) is 102 Å². The number of carbonyl (C=O) groups excluding carboxylic acids is 1. The number of hydrogen-bond acceptors (Lipinski definition) is 5. The van der Waals surface area contributed by atoms with E-state index in [0.717, 1.165) is 5.56 Å². The zero-order valence-electron chi connectivity index (χ0n) is 12.6. The van der Waals surface area contributed by atoms with Crippen molar-refractivity contribution in [1.29, 1.82) is 0 Å². The van der Waals surface area contributed by atoms with E-state index in [-0.39, 0.29) is 23.7 Å². The molecule has 0 bridgehead atoms. The summed E-state index contributed by atoms with van der Waals surface area (Å²) in [7, 11) is -3.22. The minimum absolute atomic E-state index is 0.0576. The van der Waals surface area contributed by atoms with Crippen molar-refractivity contribution in [1.82, 2.24) is 10.3 Å². The van der Waals surface area contributed by atoms with Gasteiger partial charge in [0.25, 0.3) is 5.91 Å². The summed E-state index contributed by atoms with van der Waals surface area (Å²) in [4.78, 5) is 15.7. The van der Waals surface area contributed by atoms with Crippen LogP contribution in [0.1, 0.15) is 16.1 Å². The molecule has 0 aliphatic carbocycles. The minimum Gasteiger partial charge on any atom is -0.397 e. The van der Waals surface area contributed by atoms with Crippen LogP contribution in [0.15, 0.2) is 48.7 Å². The molecule has 0 saturated heterocycles. The van der Waals surface area contributed by atoms with Gasteiger partial charge in [-0.25, -0.2) is 13.4 Å². The van der Waals surface area contributed by atoms with Crippen LogP contribution < -0.4 is 11.1 Å². The first kappa shape index (κ1) is 17.0. The van der Waals surface area contributed by atoms with E-state index >= 15 is 0 Å². The summed E-state index contributed by atoms with van der Waals surface area (Å²) in [6.45, 7) is 0.0576. The van der Waals surface area contributed by atoms with Crippen molar-refractivity contribution in [2.24, 2.45) is 0 Å². The third-order valence-corrected chi connectivity index (χ3v) is 4.91. The summed E-state index contributed by atoms with van der Waals surface area (Å²) in [5, 5.41) is 2.55. The smallest absolute Gasteiger partial charge is 0.269 e. The molecule has 1 aromatic carbocycles. The van der Waals surface area contributed by atoms with Crippen LogP contribution >= 0.6 is 0 Å². The molecule has 0 atom stereocenters. The number of aromatic nitrogens is 1. The molecule has 1 aromatic heterocycles. The zero-order valence-corrected chi connectivity index (χ0v) is 13.4. The van der Waals surface area contributed by atoms with Crippen molar-refractivity contribution < 1.29 is 13.2 Å². The van der Waals surface area contributed by atoms with Gasteiger partial charge in [0.15, 0.2) is 9.84 Å². The third-order valence-electron chi connectivity index (χ3n) is 3.26. The van der Waals surface area contributed by atoms with Gasteiger partial charge in [-0.1, -0.05) is 30.3 Å². The lowest BCUT2D eigenvalue weighted by atomic mass is 10.2. The summed E-state index contributed by atoms with van der Waals surface area (Å²) >= 11 is 0. The van der Waals surface area contributed by atoms with Gasteiger partial charge in [-0.05, 0) is 24.1 Å². The van der Waals surface area contributed by atoms with E-state index in [4.69, 9.17) is 5.73 Å². The number of carbonyl (C=O) groups is 1. The highest BCUT2D eigenvalue weighted by Crippen LogP contribution is 2.03. The van der Waals surface area contributed by atoms with Gasteiger partial charge in [0.2, 0.25) is 0 Å². The highest BCUT2D eigenvalue weighted by molar-refractivity contribution is 7.91. The van der Waals surface area contributed by atoms with Gasteiger partial charge >= 0.3 is 0 Å². The van der Waals surface area contributed by atoms with Crippen molar-refractivity contribution in [3.63, 3.8) is 0 Å². The molecule has 0 radical (unpaired) electrons. The fourth-order valence-corrected chi connectivity index (χ4v) is 3.13. The Morgan fingerprint density at radius 3 is 2.48 bits per heavy atom. The number of anilines is 1. The molecule has 6 nitrogen and oxygen atoms in total. The van der Waals surface area contributed by atoms with Crippen molar-refractivity contribution in [2.75, 3.05) is 23.8 Å². The molecule has 0 spiro atoms. The highest BCUT2D eigenvalue weighted by atomic mass is 32.2. The monoisotopic (exact) mass is 333 g/mol. The van der Waals surface area contributed by atoms with Crippen LogP contribution in [0.5, 0.6) is 0 Å². The Hall–Kier alpha value is -2.41. The van der Waals surface area contributed by atoms with Gasteiger partial charge < -0.3 is 11.1 Å². The Morgan fingerprint density at radius 2 is 1.83 bits per heavy atom. The first-order chi connectivity index (χ1) is 11.0. The van der Waals surface area contributed by atoms with Crippen LogP contribution in [0.25, 0.3) is 0 Å². The lowest BCUT2D eigenvalue weighted by Crippen LogP contribution is -2.30. The van der Waals surface area contributed by atoms with E-state index in [2.05, 4.69) is 10.3 Å². The quantitative estimate of drug-likeness (QED) is 0.788. The van der Waals surface area contributed by atoms with Crippen LogP contribution in [0.3, 0.4) is 0 Å². The summed E-state index contributed by atoms with van der Waals surface area (Å²) < 4.78 is 24.0. The summed E-state index contributed by atoms with van der Waals surface area (Å²) in [5.41, 5.74) is 7.14. The van der Waals surface area contributed by atoms with Gasteiger partial charge in [-0.2, -0.15) is 0 Å². The molecule has 2 rings (SSSR count). The molecular formula is C16H19N3O3S. The third kappa shape index (κ3) is 5.71. The van der Waals surface area contributed by atoms with Crippen LogP contribution in [-0.2, 0) is 16.3 Å². The Bertz CT molecular complexity index is 744. The van der Waals surface area contributed by atoms with Crippen LogP contribution in [0, 0.1) is 0 Å². The fraction of sp³-hybridized carbons (Fsp3) is 0.250. The molecule has 7 heteroatoms. The van der Waals surface area contributed by atoms with Crippen LogP contribution in [0.4, 0.5) is 5.69 Å². The van der Waals surface area contributed by atoms with Gasteiger partial charge in [0.1, 0.15) is 5.69 Å². The Balaban J connectivity index is 1.78. The zero-order chi connectivity index (χ0) is 16.7. The number of nitrogen functional groups attached to an aromatic ring is 1. The largest absolute Gasteiger partial charge is 0.397 e. The van der Waals surface area contributed by atoms with Gasteiger partial charge in [-0.3, -0.25) is 4.79 Å². The predicted octanol–water partition coefficient (Wildman–Crippen LogP) is 1.05. The molecule has 0 saturated carbocycles. The Labute approximate surface area is 135 Å². The number of rotatable bonds is 7. The number of sulfone groups is 1. The molecule has 3 N–H and O–H groups in total. The van der Waals surface area contributed by atoms with E-state index in [0.29, 0.717) is 12.1 Å². The molecule has 0 unspecified atom stereocenters. The molecule has 23 heavy (non-hydrogen) atoms. The second-order valence-corrected chi connectivity index (χ2v) is 7.42. The number of aryl methyl sites for hydroxylation is 1. The SMILES string of the molecule is Nc1ccc(C(=O)NCCS(=O)(=O)CCc2ccccc2)nc1. The molecule has 122 valence electrons.